The highest BCUT2D eigenvalue weighted by atomic mass is 15.5. The Balaban J connectivity index is 0.0000000907. The maximum absolute atomic E-state index is 2.65. The first-order chi connectivity index (χ1) is 73.8. The number of aromatic nitrogens is 9. The van der Waals surface area contributed by atoms with Crippen molar-refractivity contribution in [1.29, 1.82) is 0 Å². The third kappa shape index (κ3) is 8.77. The molecule has 0 amide bonds. The smallest absolute Gasteiger partial charge is 0.296 e. The van der Waals surface area contributed by atoms with Gasteiger partial charge < -0.3 is 43.1 Å². The lowest BCUT2D eigenvalue weighted by Gasteiger charge is -2.43. The van der Waals surface area contributed by atoms with E-state index in [0.717, 1.165) is 0 Å². The first kappa shape index (κ1) is 78.3. The molecular formula is C134H86N15+3. The molecule has 6 atom stereocenters. The van der Waals surface area contributed by atoms with Gasteiger partial charge in [-0.1, -0.05) is 249 Å². The van der Waals surface area contributed by atoms with Gasteiger partial charge >= 0.3 is 0 Å². The molecule has 0 saturated carbocycles. The van der Waals surface area contributed by atoms with Gasteiger partial charge in [0.25, 0.3) is 17.3 Å². The van der Waals surface area contributed by atoms with E-state index in [1.165, 1.54) is 283 Å². The number of anilines is 7. The highest BCUT2D eigenvalue weighted by Crippen LogP contribution is 2.70. The third-order valence-corrected chi connectivity index (χ3v) is 36.4. The SMILES string of the molecule is CN1C(c2ccc(-c3ccccc3)cc2)=CN2c3cccc4c3C3(c5c6c(cc7c8ccccc8n(c57)-c5cccc[n+]53)c3ccccc3n6-4)C12.CN1c2cc(-c3ccccc3)ccc2N2c3ccc4c5ccccc5n5c4c3C3(c4c-5ccc5c6ccccc6n(c45)-c4cccc[n+]43)C12.CN1c2cc(-c3ccccc3)ccc2N2c3cccc4c3C3(c5c(ccc6c7ccccc7n-4c56)-n4c5ccccc5c5ccc[n+]3c54)C12. The number of benzene rings is 18. The second kappa shape index (κ2) is 26.8. The standard InChI is InChI=1S/C46H30N5.2C44H28N5/c1-47-39(30-23-21-29(22-24-30)28-12-3-2-4-13-28)27-48-37-18-11-19-38-41(37)46(45(47)48)42-43-33(31-14-5-7-16-35(31)50(38)43)26-34-32-15-6-8-17-36(32)51(44(34)42)40-20-9-10-25-49(40)46;1-45-38-25-27(26-11-3-2-4-12-26)20-22-34(38)49-36-19-9-18-35-39(36)44(43(45)49)40-37(23-21-30-28-13-5-7-16-32(28)47(35)41(30)40)48-33-17-8-6-14-29(33)31-15-10-24-46(44)42(31)48;1-45-37-25-27(26-11-3-2-4-12-26)18-21-34(37)48-36-23-20-30-28-13-5-7-15-32(28)47-35-22-19-31-29-14-6-8-16-33(29)49-38-17-9-10-24-46(38)44(43(45)48,39(35)42(31)49)40(36)41(30)47/h2-27,45H,1H3;2*2-25,43H,1H3/q3*+1. The molecule has 27 aromatic rings. The average molecular weight is 1910 g/mol. The highest BCUT2D eigenvalue weighted by Gasteiger charge is 2.73. The van der Waals surface area contributed by atoms with Crippen molar-refractivity contribution in [2.75, 3.05) is 45.6 Å². The summed E-state index contributed by atoms with van der Waals surface area (Å²) in [6.45, 7) is 0. The Kier molecular flexibility index (Phi) is 14.1. The van der Waals surface area contributed by atoms with E-state index in [1.807, 2.05) is 0 Å². The van der Waals surface area contributed by atoms with Crippen LogP contribution in [-0.4, -0.2) is 71.9 Å². The Morgan fingerprint density at radius 3 is 1.03 bits per heavy atom. The normalized spacial score (nSPS) is 18.9. The van der Waals surface area contributed by atoms with Crippen LogP contribution in [0.1, 0.15) is 38.9 Å². The van der Waals surface area contributed by atoms with Gasteiger partial charge in [-0.15, -0.1) is 0 Å². The van der Waals surface area contributed by atoms with Crippen molar-refractivity contribution in [2.24, 2.45) is 0 Å². The monoisotopic (exact) mass is 1900 g/mol. The topological polar surface area (TPSA) is 60.7 Å². The number of pyridine rings is 3. The molecular weight excluding hydrogens is 1820 g/mol. The molecule has 0 bridgehead atoms. The fraction of sp³-hybridized carbons (Fsp3) is 0.0672. The van der Waals surface area contributed by atoms with Crippen molar-refractivity contribution in [3.63, 3.8) is 0 Å². The molecule has 15 heteroatoms. The summed E-state index contributed by atoms with van der Waals surface area (Å²) in [6.07, 6.45) is 9.35. The fourth-order valence-corrected chi connectivity index (χ4v) is 31.2. The Labute approximate surface area is 853 Å². The summed E-state index contributed by atoms with van der Waals surface area (Å²) in [5, 5.41) is 15.6. The lowest BCUT2D eigenvalue weighted by atomic mass is 9.75. The predicted molar refractivity (Wildman–Crippen MR) is 601 cm³/mol. The lowest BCUT2D eigenvalue weighted by molar-refractivity contribution is -0.743. The van der Waals surface area contributed by atoms with Gasteiger partial charge in [-0.3, -0.25) is 0 Å². The number of likely N-dealkylation sites (N-methyl/N-ethyl adjacent to an activating group) is 3. The molecule has 3 spiro atoms. The quantitative estimate of drug-likeness (QED) is 0.164. The molecule has 21 heterocycles. The van der Waals surface area contributed by atoms with E-state index in [9.17, 15) is 0 Å². The van der Waals surface area contributed by atoms with E-state index < -0.39 is 16.6 Å². The van der Waals surface area contributed by atoms with Crippen molar-refractivity contribution in [3.8, 4) is 67.8 Å². The molecule has 15 nitrogen and oxygen atoms in total. The molecule has 9 aromatic heterocycles. The van der Waals surface area contributed by atoms with Crippen molar-refractivity contribution in [2.45, 2.75) is 35.1 Å². The maximum atomic E-state index is 2.65. The molecule has 0 saturated heterocycles. The Morgan fingerprint density at radius 1 is 0.195 bits per heavy atom. The van der Waals surface area contributed by atoms with E-state index in [1.54, 1.807) is 0 Å². The zero-order valence-electron chi connectivity index (χ0n) is 81.2. The van der Waals surface area contributed by atoms with Gasteiger partial charge in [0.1, 0.15) is 22.2 Å². The summed E-state index contributed by atoms with van der Waals surface area (Å²) in [4.78, 5) is 15.5. The van der Waals surface area contributed by atoms with E-state index in [-0.39, 0.29) is 18.5 Å². The molecule has 0 radical (unpaired) electrons. The Morgan fingerprint density at radius 2 is 0.523 bits per heavy atom. The van der Waals surface area contributed by atoms with Gasteiger partial charge in [0, 0.05) is 98.7 Å². The van der Waals surface area contributed by atoms with Gasteiger partial charge in [-0.05, 0) is 203 Å². The molecule has 39 rings (SSSR count). The van der Waals surface area contributed by atoms with Crippen LogP contribution in [0.25, 0.3) is 204 Å². The van der Waals surface area contributed by atoms with Crippen LogP contribution in [0, 0.1) is 0 Å². The molecule has 18 aromatic carbocycles. The first-order valence-electron chi connectivity index (χ1n) is 52.1. The second-order valence-corrected chi connectivity index (χ2v) is 42.5. The second-order valence-electron chi connectivity index (χ2n) is 42.5. The zero-order chi connectivity index (χ0) is 96.7. The Hall–Kier alpha value is -19.3. The van der Waals surface area contributed by atoms with Crippen LogP contribution >= 0.6 is 0 Å². The van der Waals surface area contributed by atoms with Crippen LogP contribution < -0.4 is 38.2 Å². The Bertz CT molecular complexity index is 10900. The van der Waals surface area contributed by atoms with Gasteiger partial charge in [0.05, 0.1) is 153 Å². The maximum Gasteiger partial charge on any atom is 0.296 e. The van der Waals surface area contributed by atoms with Crippen LogP contribution in [0.15, 0.2) is 449 Å². The molecule has 0 fully saturated rings. The average Bonchev–Trinajstić information content (AvgIpc) is 1.47. The largest absolute Gasteiger partial charge is 0.348 e. The number of hydrogen-bond donors (Lipinski definition) is 0. The van der Waals surface area contributed by atoms with Crippen LogP contribution in [-0.2, 0) is 16.6 Å². The summed E-state index contributed by atoms with van der Waals surface area (Å²) in [6, 6.07) is 158. The predicted octanol–water partition coefficient (Wildman–Crippen LogP) is 27.7. The van der Waals surface area contributed by atoms with Crippen molar-refractivity contribution >= 4 is 176 Å². The number of fused-ring (bicyclic) bond motifs is 36. The summed E-state index contributed by atoms with van der Waals surface area (Å²) >= 11 is 0. The molecule has 6 unspecified atom stereocenters. The number of para-hydroxylation sites is 6. The van der Waals surface area contributed by atoms with E-state index in [0.29, 0.717) is 0 Å². The summed E-state index contributed by atoms with van der Waals surface area (Å²) in [5.41, 5.74) is 45.8. The summed E-state index contributed by atoms with van der Waals surface area (Å²) in [5.74, 6) is 2.39. The summed E-state index contributed by atoms with van der Waals surface area (Å²) < 4.78 is 23.2. The van der Waals surface area contributed by atoms with Crippen molar-refractivity contribution in [3.05, 3.63) is 488 Å². The highest BCUT2D eigenvalue weighted by molar-refractivity contribution is 6.25. The minimum absolute atomic E-state index is 0.0249. The molecule has 149 heavy (non-hydrogen) atoms. The number of nitrogens with zero attached hydrogens (tertiary/aromatic N) is 15. The lowest BCUT2D eigenvalue weighted by Crippen LogP contribution is -2.70. The number of rotatable bonds is 4. The number of hydrogen-bond acceptors (Lipinski definition) is 6. The molecule has 12 aliphatic rings. The van der Waals surface area contributed by atoms with Crippen molar-refractivity contribution in [1.82, 2.24) is 32.3 Å². The minimum atomic E-state index is -0.536. The summed E-state index contributed by atoms with van der Waals surface area (Å²) in [7, 11) is 6.93. The van der Waals surface area contributed by atoms with E-state index >= 15 is 0 Å². The molecule has 694 valence electrons. The van der Waals surface area contributed by atoms with Crippen LogP contribution in [0.4, 0.5) is 39.8 Å². The van der Waals surface area contributed by atoms with Gasteiger partial charge in [-0.25, -0.2) is 13.7 Å². The third-order valence-electron chi connectivity index (χ3n) is 36.4. The van der Waals surface area contributed by atoms with E-state index in [2.05, 4.69) is 541 Å². The minimum Gasteiger partial charge on any atom is -0.348 e. The van der Waals surface area contributed by atoms with Crippen molar-refractivity contribution < 1.29 is 13.7 Å². The van der Waals surface area contributed by atoms with Crippen LogP contribution in [0.2, 0.25) is 0 Å². The van der Waals surface area contributed by atoms with Gasteiger partial charge in [0.15, 0.2) is 29.5 Å². The molecule has 0 N–H and O–H groups in total. The van der Waals surface area contributed by atoms with E-state index in [4.69, 9.17) is 0 Å². The molecule has 12 aliphatic heterocycles. The first-order valence-corrected chi connectivity index (χ1v) is 52.1. The van der Waals surface area contributed by atoms with Crippen LogP contribution in [0.5, 0.6) is 0 Å². The molecule has 0 aliphatic carbocycles. The van der Waals surface area contributed by atoms with Gasteiger partial charge in [0.2, 0.25) is 16.6 Å². The van der Waals surface area contributed by atoms with Crippen LogP contribution in [0.3, 0.4) is 0 Å². The zero-order valence-corrected chi connectivity index (χ0v) is 81.2. The van der Waals surface area contributed by atoms with Gasteiger partial charge in [-0.2, -0.15) is 13.7 Å². The fourth-order valence-electron chi connectivity index (χ4n) is 31.2.